The van der Waals surface area contributed by atoms with E-state index in [4.69, 9.17) is 29.4 Å². The largest absolute Gasteiger partial charge is 0.454 e. The number of allylic oxidation sites excluding steroid dienone is 1. The Bertz CT molecular complexity index is 973. The molecule has 2 aliphatic heterocycles. The maximum atomic E-state index is 13.4. The minimum atomic E-state index is -1.86. The van der Waals surface area contributed by atoms with Crippen molar-refractivity contribution in [1.29, 1.82) is 5.26 Å². The van der Waals surface area contributed by atoms with Crippen LogP contribution in [0.15, 0.2) is 29.5 Å². The molecule has 2 heterocycles. The van der Waals surface area contributed by atoms with Gasteiger partial charge in [-0.1, -0.05) is 19.9 Å². The van der Waals surface area contributed by atoms with Crippen molar-refractivity contribution < 1.29 is 28.5 Å². The van der Waals surface area contributed by atoms with Crippen LogP contribution >= 0.6 is 0 Å². The predicted molar refractivity (Wildman–Crippen MR) is 110 cm³/mol. The summed E-state index contributed by atoms with van der Waals surface area (Å²) in [6.45, 7) is 8.08. The third-order valence-corrected chi connectivity index (χ3v) is 5.97. The van der Waals surface area contributed by atoms with E-state index >= 15 is 0 Å². The lowest BCUT2D eigenvalue weighted by atomic mass is 9.65. The number of fused-ring (bicyclic) bond motifs is 1. The summed E-state index contributed by atoms with van der Waals surface area (Å²) >= 11 is 0. The molecule has 0 saturated heterocycles. The van der Waals surface area contributed by atoms with Gasteiger partial charge in [0.2, 0.25) is 12.3 Å². The van der Waals surface area contributed by atoms with E-state index in [1.807, 2.05) is 13.8 Å². The Morgan fingerprint density at radius 2 is 1.84 bits per heavy atom. The molecule has 1 aliphatic carbocycles. The van der Waals surface area contributed by atoms with Crippen molar-refractivity contribution in [1.82, 2.24) is 0 Å². The second-order valence-corrected chi connectivity index (χ2v) is 8.83. The van der Waals surface area contributed by atoms with Gasteiger partial charge < -0.3 is 29.4 Å². The van der Waals surface area contributed by atoms with Gasteiger partial charge in [-0.05, 0) is 37.0 Å². The topological polar surface area (TPSA) is 113 Å². The average Bonchev–Trinajstić information content (AvgIpc) is 3.17. The van der Waals surface area contributed by atoms with Crippen molar-refractivity contribution in [3.8, 4) is 17.6 Å². The zero-order valence-electron chi connectivity index (χ0n) is 18.3. The lowest BCUT2D eigenvalue weighted by Crippen LogP contribution is -2.70. The third kappa shape index (κ3) is 3.28. The fourth-order valence-corrected chi connectivity index (χ4v) is 4.72. The summed E-state index contributed by atoms with van der Waals surface area (Å²) < 4.78 is 29.0. The number of carbonyl (C=O) groups is 1. The minimum absolute atomic E-state index is 0.0967. The van der Waals surface area contributed by atoms with Crippen LogP contribution in [0.1, 0.15) is 52.0 Å². The molecule has 0 bridgehead atoms. The van der Waals surface area contributed by atoms with Crippen LogP contribution in [-0.2, 0) is 19.0 Å². The number of nitrogens with two attached hydrogens (primary N) is 1. The molecule has 8 heteroatoms. The fourth-order valence-electron chi connectivity index (χ4n) is 4.72. The summed E-state index contributed by atoms with van der Waals surface area (Å²) in [5.41, 5.74) is 5.68. The first-order valence-corrected chi connectivity index (χ1v) is 10.5. The van der Waals surface area contributed by atoms with Crippen LogP contribution in [0.5, 0.6) is 11.5 Å². The summed E-state index contributed by atoms with van der Waals surface area (Å²) in [5, 5.41) is 10.3. The number of ether oxygens (including phenoxy) is 5. The molecule has 1 aromatic rings. The molecule has 0 spiro atoms. The van der Waals surface area contributed by atoms with Gasteiger partial charge in [-0.25, -0.2) is 0 Å². The molecule has 0 amide bonds. The van der Waals surface area contributed by atoms with Crippen LogP contribution in [0.4, 0.5) is 0 Å². The Morgan fingerprint density at radius 1 is 1.16 bits per heavy atom. The standard InChI is InChI=1S/C23H28N2O6/c1-5-29-23(30-6-2)22(25,12-24)20(14-7-8-16-17(9-14)28-13-27-16)19-15(26)10-21(3,4)11-18(19)31-23/h7-9,20H,5-6,10-11,13,25H2,1-4H3. The van der Waals surface area contributed by atoms with Crippen LogP contribution in [0.2, 0.25) is 0 Å². The Labute approximate surface area is 181 Å². The Hall–Kier alpha value is -2.60. The number of Topliss-reactive ketones (excluding diaryl/α,β-unsaturated/α-hetero) is 1. The molecule has 166 valence electrons. The smallest absolute Gasteiger partial charge is 0.361 e. The number of nitrogens with zero attached hydrogens (tertiary/aromatic N) is 1. The maximum absolute atomic E-state index is 13.4. The fraction of sp³-hybridized carbons (Fsp3) is 0.565. The number of nitriles is 1. The second kappa shape index (κ2) is 7.52. The minimum Gasteiger partial charge on any atom is -0.454 e. The van der Waals surface area contributed by atoms with E-state index in [9.17, 15) is 10.1 Å². The van der Waals surface area contributed by atoms with Crippen molar-refractivity contribution in [3.05, 3.63) is 35.1 Å². The average molecular weight is 428 g/mol. The van der Waals surface area contributed by atoms with Gasteiger partial charge in [0, 0.05) is 18.4 Å². The van der Waals surface area contributed by atoms with E-state index in [-0.39, 0.29) is 31.2 Å². The Morgan fingerprint density at radius 3 is 2.48 bits per heavy atom. The number of rotatable bonds is 5. The first-order valence-electron chi connectivity index (χ1n) is 10.5. The van der Waals surface area contributed by atoms with Gasteiger partial charge in [-0.15, -0.1) is 0 Å². The lowest BCUT2D eigenvalue weighted by molar-refractivity contribution is -0.394. The van der Waals surface area contributed by atoms with E-state index in [0.29, 0.717) is 41.2 Å². The molecule has 8 nitrogen and oxygen atoms in total. The molecule has 0 aromatic heterocycles. The normalized spacial score (nSPS) is 28.0. The van der Waals surface area contributed by atoms with Gasteiger partial charge in [0.05, 0.1) is 25.2 Å². The number of ketones is 1. The highest BCUT2D eigenvalue weighted by Crippen LogP contribution is 2.54. The zero-order valence-corrected chi connectivity index (χ0v) is 18.3. The van der Waals surface area contributed by atoms with E-state index < -0.39 is 17.4 Å². The van der Waals surface area contributed by atoms with Gasteiger partial charge >= 0.3 is 5.97 Å². The predicted octanol–water partition coefficient (Wildman–Crippen LogP) is 3.12. The molecule has 2 N–H and O–H groups in total. The van der Waals surface area contributed by atoms with Crippen LogP contribution < -0.4 is 15.2 Å². The van der Waals surface area contributed by atoms with Crippen LogP contribution in [0.25, 0.3) is 0 Å². The summed E-state index contributed by atoms with van der Waals surface area (Å²) in [7, 11) is 0. The molecule has 3 aliphatic rings. The van der Waals surface area contributed by atoms with Gasteiger partial charge in [-0.2, -0.15) is 5.26 Å². The number of hydrogen-bond acceptors (Lipinski definition) is 8. The molecule has 2 atom stereocenters. The van der Waals surface area contributed by atoms with Gasteiger partial charge in [0.25, 0.3) is 0 Å². The van der Waals surface area contributed by atoms with Crippen molar-refractivity contribution in [2.75, 3.05) is 20.0 Å². The number of hydrogen-bond donors (Lipinski definition) is 1. The molecular weight excluding hydrogens is 400 g/mol. The van der Waals surface area contributed by atoms with Crippen LogP contribution in [-0.4, -0.2) is 37.3 Å². The monoisotopic (exact) mass is 428 g/mol. The van der Waals surface area contributed by atoms with Crippen molar-refractivity contribution >= 4 is 5.78 Å². The molecule has 1 aromatic carbocycles. The van der Waals surface area contributed by atoms with Crippen LogP contribution in [0, 0.1) is 16.7 Å². The van der Waals surface area contributed by atoms with Crippen molar-refractivity contribution in [3.63, 3.8) is 0 Å². The van der Waals surface area contributed by atoms with Gasteiger partial charge in [0.1, 0.15) is 5.76 Å². The molecule has 0 saturated carbocycles. The molecule has 0 radical (unpaired) electrons. The second-order valence-electron chi connectivity index (χ2n) is 8.83. The first kappa shape index (κ1) is 21.6. The quantitative estimate of drug-likeness (QED) is 0.712. The molecule has 31 heavy (non-hydrogen) atoms. The molecular formula is C23H28N2O6. The molecule has 2 unspecified atom stereocenters. The van der Waals surface area contributed by atoms with Crippen molar-refractivity contribution in [2.45, 2.75) is 58.0 Å². The Balaban J connectivity index is 1.97. The van der Waals surface area contributed by atoms with Gasteiger partial charge in [-0.3, -0.25) is 4.79 Å². The van der Waals surface area contributed by atoms with E-state index in [2.05, 4.69) is 6.07 Å². The summed E-state index contributed by atoms with van der Waals surface area (Å²) in [4.78, 5) is 13.4. The molecule has 4 rings (SSSR count). The zero-order chi connectivity index (χ0) is 22.4. The highest BCUT2D eigenvalue weighted by molar-refractivity contribution is 5.99. The SMILES string of the molecule is CCOC1(OCC)OC2=C(C(=O)CC(C)(C)C2)C(c2ccc3c(c2)OCO3)C1(N)C#N. The first-order chi connectivity index (χ1) is 14.7. The lowest BCUT2D eigenvalue weighted by Gasteiger charge is -2.52. The Kier molecular flexibility index (Phi) is 5.24. The maximum Gasteiger partial charge on any atom is 0.361 e. The van der Waals surface area contributed by atoms with Crippen molar-refractivity contribution in [2.24, 2.45) is 11.1 Å². The molecule has 0 fully saturated rings. The third-order valence-electron chi connectivity index (χ3n) is 5.97. The van der Waals surface area contributed by atoms with Gasteiger partial charge in [0.15, 0.2) is 17.3 Å². The number of carbonyl (C=O) groups excluding carboxylic acids is 1. The highest BCUT2D eigenvalue weighted by atomic mass is 16.9. The highest BCUT2D eigenvalue weighted by Gasteiger charge is 2.66. The number of benzene rings is 1. The van der Waals surface area contributed by atoms with E-state index in [1.54, 1.807) is 32.0 Å². The summed E-state index contributed by atoms with van der Waals surface area (Å²) in [5.74, 6) is -1.20. The summed E-state index contributed by atoms with van der Waals surface area (Å²) in [6, 6.07) is 7.49. The van der Waals surface area contributed by atoms with Crippen LogP contribution in [0.3, 0.4) is 0 Å². The summed E-state index contributed by atoms with van der Waals surface area (Å²) in [6.07, 6.45) is 0.826. The van der Waals surface area contributed by atoms with E-state index in [0.717, 1.165) is 0 Å². The van der Waals surface area contributed by atoms with E-state index in [1.165, 1.54) is 0 Å².